The molecule has 19 heavy (non-hydrogen) atoms. The van der Waals surface area contributed by atoms with Gasteiger partial charge in [0.25, 0.3) is 0 Å². The minimum atomic E-state index is 0.118. The van der Waals surface area contributed by atoms with Gasteiger partial charge < -0.3 is 10.6 Å². The van der Waals surface area contributed by atoms with Gasteiger partial charge in [0.15, 0.2) is 0 Å². The third-order valence-corrected chi connectivity index (χ3v) is 2.99. The van der Waals surface area contributed by atoms with E-state index < -0.39 is 0 Å². The summed E-state index contributed by atoms with van der Waals surface area (Å²) in [4.78, 5) is 11.6. The van der Waals surface area contributed by atoms with Crippen LogP contribution in [0.15, 0.2) is 24.3 Å². The van der Waals surface area contributed by atoms with Gasteiger partial charge in [0.2, 0.25) is 5.91 Å². The third kappa shape index (κ3) is 7.85. The maximum Gasteiger partial charge on any atom is 0.220 e. The molecule has 4 heteroatoms. The first kappa shape index (κ1) is 16.0. The number of hydrogen-bond acceptors (Lipinski definition) is 2. The van der Waals surface area contributed by atoms with Crippen LogP contribution >= 0.6 is 11.6 Å². The first-order valence-corrected chi connectivity index (χ1v) is 7.20. The van der Waals surface area contributed by atoms with Gasteiger partial charge in [0.1, 0.15) is 0 Å². The summed E-state index contributed by atoms with van der Waals surface area (Å²) in [7, 11) is 0. The van der Waals surface area contributed by atoms with Crippen molar-refractivity contribution in [2.45, 2.75) is 39.2 Å². The summed E-state index contributed by atoms with van der Waals surface area (Å²) in [5, 5.41) is 6.96. The van der Waals surface area contributed by atoms with Crippen LogP contribution in [-0.4, -0.2) is 25.0 Å². The summed E-state index contributed by atoms with van der Waals surface area (Å²) in [5.74, 6) is 0.118. The summed E-state index contributed by atoms with van der Waals surface area (Å²) in [5.41, 5.74) is 1.15. The van der Waals surface area contributed by atoms with Crippen molar-refractivity contribution in [3.05, 3.63) is 34.9 Å². The van der Waals surface area contributed by atoms with Gasteiger partial charge in [-0.05, 0) is 37.1 Å². The molecule has 0 aliphatic heterocycles. The van der Waals surface area contributed by atoms with Crippen LogP contribution in [-0.2, 0) is 11.2 Å². The van der Waals surface area contributed by atoms with Gasteiger partial charge >= 0.3 is 0 Å². The van der Waals surface area contributed by atoms with Gasteiger partial charge in [0.05, 0.1) is 0 Å². The second-order valence-corrected chi connectivity index (χ2v) is 5.38. The van der Waals surface area contributed by atoms with Gasteiger partial charge in [-0.1, -0.05) is 37.6 Å². The number of halogens is 1. The molecule has 1 rings (SSSR count). The highest BCUT2D eigenvalue weighted by atomic mass is 35.5. The van der Waals surface area contributed by atoms with Gasteiger partial charge in [-0.25, -0.2) is 0 Å². The first-order valence-electron chi connectivity index (χ1n) is 6.82. The molecule has 0 saturated carbocycles. The van der Waals surface area contributed by atoms with E-state index in [1.165, 1.54) is 0 Å². The molecule has 0 saturated heterocycles. The lowest BCUT2D eigenvalue weighted by Crippen LogP contribution is -2.28. The smallest absolute Gasteiger partial charge is 0.220 e. The second-order valence-electron chi connectivity index (χ2n) is 4.94. The molecule has 0 aliphatic rings. The molecule has 3 nitrogen and oxygen atoms in total. The summed E-state index contributed by atoms with van der Waals surface area (Å²) < 4.78 is 0. The van der Waals surface area contributed by atoms with E-state index in [0.29, 0.717) is 19.0 Å². The average Bonchev–Trinajstić information content (AvgIpc) is 2.34. The number of nitrogens with one attached hydrogen (secondary N) is 2. The summed E-state index contributed by atoms with van der Waals surface area (Å²) in [6, 6.07) is 8.21. The predicted octanol–water partition coefficient (Wildman–Crippen LogP) is 2.78. The highest BCUT2D eigenvalue weighted by Gasteiger charge is 2.01. The van der Waals surface area contributed by atoms with Crippen LogP contribution in [0.3, 0.4) is 0 Å². The fourth-order valence-corrected chi connectivity index (χ4v) is 1.98. The number of amides is 1. The molecule has 0 aliphatic carbocycles. The summed E-state index contributed by atoms with van der Waals surface area (Å²) >= 11 is 5.90. The summed E-state index contributed by atoms with van der Waals surface area (Å²) in [6.45, 7) is 5.76. The Kier molecular flexibility index (Phi) is 7.53. The SMILES string of the molecule is CC(C)NCCCC(=O)NCCc1cccc(Cl)c1. The molecule has 0 fully saturated rings. The molecule has 0 radical (unpaired) electrons. The lowest BCUT2D eigenvalue weighted by Gasteiger charge is -2.08. The second kappa shape index (κ2) is 8.94. The van der Waals surface area contributed by atoms with E-state index in [0.717, 1.165) is 30.0 Å². The van der Waals surface area contributed by atoms with Crippen molar-refractivity contribution in [3.8, 4) is 0 Å². The quantitative estimate of drug-likeness (QED) is 0.720. The molecule has 0 heterocycles. The fraction of sp³-hybridized carbons (Fsp3) is 0.533. The molecule has 1 aromatic carbocycles. The van der Waals surface area contributed by atoms with E-state index in [4.69, 9.17) is 11.6 Å². The lowest BCUT2D eigenvalue weighted by molar-refractivity contribution is -0.121. The van der Waals surface area contributed by atoms with Crippen LogP contribution in [0, 0.1) is 0 Å². The van der Waals surface area contributed by atoms with Crippen LogP contribution in [0.2, 0.25) is 5.02 Å². The summed E-state index contributed by atoms with van der Waals surface area (Å²) in [6.07, 6.45) is 2.27. The zero-order valence-corrected chi connectivity index (χ0v) is 12.5. The Morgan fingerprint density at radius 2 is 2.11 bits per heavy atom. The Morgan fingerprint density at radius 1 is 1.32 bits per heavy atom. The van der Waals surface area contributed by atoms with Crippen LogP contribution in [0.5, 0.6) is 0 Å². The predicted molar refractivity (Wildman–Crippen MR) is 80.5 cm³/mol. The van der Waals surface area contributed by atoms with E-state index in [-0.39, 0.29) is 5.91 Å². The van der Waals surface area contributed by atoms with Crippen molar-refractivity contribution in [1.29, 1.82) is 0 Å². The van der Waals surface area contributed by atoms with Gasteiger partial charge in [0, 0.05) is 24.0 Å². The monoisotopic (exact) mass is 282 g/mol. The largest absolute Gasteiger partial charge is 0.356 e. The van der Waals surface area contributed by atoms with E-state index >= 15 is 0 Å². The maximum absolute atomic E-state index is 11.6. The number of carbonyl (C=O) groups is 1. The first-order chi connectivity index (χ1) is 9.08. The highest BCUT2D eigenvalue weighted by molar-refractivity contribution is 6.30. The van der Waals surface area contributed by atoms with Gasteiger partial charge in [-0.15, -0.1) is 0 Å². The molecule has 1 amide bonds. The Labute approximate surface area is 120 Å². The van der Waals surface area contributed by atoms with Crippen molar-refractivity contribution < 1.29 is 4.79 Å². The number of benzene rings is 1. The normalized spacial score (nSPS) is 10.7. The number of rotatable bonds is 8. The van der Waals surface area contributed by atoms with Crippen molar-refractivity contribution in [1.82, 2.24) is 10.6 Å². The van der Waals surface area contributed by atoms with Crippen molar-refractivity contribution in [3.63, 3.8) is 0 Å². The Bertz CT molecular complexity index is 393. The van der Waals surface area contributed by atoms with Crippen molar-refractivity contribution >= 4 is 17.5 Å². The number of hydrogen-bond donors (Lipinski definition) is 2. The number of carbonyl (C=O) groups excluding carboxylic acids is 1. The van der Waals surface area contributed by atoms with Crippen molar-refractivity contribution in [2.24, 2.45) is 0 Å². The Balaban J connectivity index is 2.10. The molecule has 0 unspecified atom stereocenters. The maximum atomic E-state index is 11.6. The molecule has 0 atom stereocenters. The van der Waals surface area contributed by atoms with Crippen LogP contribution in [0.4, 0.5) is 0 Å². The minimum absolute atomic E-state index is 0.118. The molecule has 0 spiro atoms. The molecular formula is C15H23ClN2O. The standard InChI is InChI=1S/C15H23ClN2O/c1-12(2)17-9-4-7-15(19)18-10-8-13-5-3-6-14(16)11-13/h3,5-6,11-12,17H,4,7-10H2,1-2H3,(H,18,19). The lowest BCUT2D eigenvalue weighted by atomic mass is 10.1. The molecule has 0 bridgehead atoms. The zero-order valence-electron chi connectivity index (χ0n) is 11.7. The van der Waals surface area contributed by atoms with E-state index in [1.807, 2.05) is 24.3 Å². The van der Waals surface area contributed by atoms with Crippen LogP contribution in [0.1, 0.15) is 32.3 Å². The molecular weight excluding hydrogens is 260 g/mol. The Hall–Kier alpha value is -1.06. The fourth-order valence-electron chi connectivity index (χ4n) is 1.77. The molecule has 2 N–H and O–H groups in total. The van der Waals surface area contributed by atoms with Crippen LogP contribution in [0.25, 0.3) is 0 Å². The molecule has 106 valence electrons. The van der Waals surface area contributed by atoms with Gasteiger partial charge in [-0.2, -0.15) is 0 Å². The van der Waals surface area contributed by atoms with E-state index in [2.05, 4.69) is 24.5 Å². The molecule has 1 aromatic rings. The van der Waals surface area contributed by atoms with E-state index in [9.17, 15) is 4.79 Å². The van der Waals surface area contributed by atoms with Crippen LogP contribution < -0.4 is 10.6 Å². The zero-order chi connectivity index (χ0) is 14.1. The highest BCUT2D eigenvalue weighted by Crippen LogP contribution is 2.10. The molecule has 0 aromatic heterocycles. The van der Waals surface area contributed by atoms with Gasteiger partial charge in [-0.3, -0.25) is 4.79 Å². The Morgan fingerprint density at radius 3 is 2.79 bits per heavy atom. The van der Waals surface area contributed by atoms with Crippen molar-refractivity contribution in [2.75, 3.05) is 13.1 Å². The third-order valence-electron chi connectivity index (χ3n) is 2.76. The minimum Gasteiger partial charge on any atom is -0.356 e. The topological polar surface area (TPSA) is 41.1 Å². The van der Waals surface area contributed by atoms with E-state index in [1.54, 1.807) is 0 Å². The average molecular weight is 283 g/mol.